The first kappa shape index (κ1) is 18.4. The van der Waals surface area contributed by atoms with E-state index >= 15 is 0 Å². The smallest absolute Gasteiger partial charge is 0.259 e. The van der Waals surface area contributed by atoms with Gasteiger partial charge in [-0.3, -0.25) is 9.59 Å². The Morgan fingerprint density at radius 2 is 2.19 bits per heavy atom. The number of carbonyl (C=O) groups excluding carboxylic acids is 1. The monoisotopic (exact) mass is 445 g/mol. The molecule has 140 valence electrons. The fourth-order valence-electron chi connectivity index (χ4n) is 3.61. The van der Waals surface area contributed by atoms with Crippen molar-refractivity contribution in [2.24, 2.45) is 0 Å². The lowest BCUT2D eigenvalue weighted by atomic mass is 10.1. The molecule has 2 heterocycles. The summed E-state index contributed by atoms with van der Waals surface area (Å²) in [4.78, 5) is 34.4. The Kier molecular flexibility index (Phi) is 5.14. The molecule has 2 N–H and O–H groups in total. The zero-order valence-electron chi connectivity index (χ0n) is 15.0. The predicted molar refractivity (Wildman–Crippen MR) is 111 cm³/mol. The van der Waals surface area contributed by atoms with Gasteiger partial charge in [0, 0.05) is 22.2 Å². The van der Waals surface area contributed by atoms with Crippen LogP contribution in [-0.4, -0.2) is 15.9 Å². The molecule has 0 spiro atoms. The Morgan fingerprint density at radius 3 is 3.00 bits per heavy atom. The van der Waals surface area contributed by atoms with Crippen molar-refractivity contribution in [2.45, 2.75) is 45.1 Å². The topological polar surface area (TPSA) is 74.8 Å². The molecule has 1 atom stereocenters. The van der Waals surface area contributed by atoms with E-state index in [4.69, 9.17) is 0 Å². The van der Waals surface area contributed by atoms with E-state index in [0.717, 1.165) is 39.5 Å². The molecule has 1 amide bonds. The molecule has 0 aliphatic heterocycles. The number of aromatic amines is 1. The van der Waals surface area contributed by atoms with E-state index in [9.17, 15) is 9.59 Å². The highest BCUT2D eigenvalue weighted by Crippen LogP contribution is 2.34. The van der Waals surface area contributed by atoms with Crippen LogP contribution < -0.4 is 10.9 Å². The molecule has 0 radical (unpaired) electrons. The van der Waals surface area contributed by atoms with Gasteiger partial charge in [0.25, 0.3) is 5.56 Å². The van der Waals surface area contributed by atoms with Gasteiger partial charge in [-0.05, 0) is 43.4 Å². The summed E-state index contributed by atoms with van der Waals surface area (Å²) in [6, 6.07) is 7.74. The average molecular weight is 446 g/mol. The molecule has 1 unspecified atom stereocenters. The summed E-state index contributed by atoms with van der Waals surface area (Å²) in [6.45, 7) is 1.96. The number of rotatable bonds is 5. The van der Waals surface area contributed by atoms with E-state index in [1.165, 1.54) is 10.4 Å². The average Bonchev–Trinajstić information content (AvgIpc) is 3.20. The van der Waals surface area contributed by atoms with E-state index in [1.807, 2.05) is 31.2 Å². The molecule has 7 heteroatoms. The highest BCUT2D eigenvalue weighted by molar-refractivity contribution is 9.10. The molecule has 0 fully saturated rings. The van der Waals surface area contributed by atoms with Gasteiger partial charge in [0.1, 0.15) is 10.7 Å². The number of halogens is 1. The Bertz CT molecular complexity index is 1070. The second-order valence-corrected chi connectivity index (χ2v) is 8.80. The van der Waals surface area contributed by atoms with Gasteiger partial charge in [0.05, 0.1) is 11.4 Å². The Morgan fingerprint density at radius 1 is 1.37 bits per heavy atom. The molecule has 5 nitrogen and oxygen atoms in total. The summed E-state index contributed by atoms with van der Waals surface area (Å²) in [5.74, 6) is 0.519. The quantitative estimate of drug-likeness (QED) is 0.621. The molecule has 4 rings (SSSR count). The van der Waals surface area contributed by atoms with Crippen LogP contribution in [0, 0.1) is 0 Å². The van der Waals surface area contributed by atoms with Crippen LogP contribution >= 0.6 is 27.3 Å². The first-order valence-corrected chi connectivity index (χ1v) is 10.7. The summed E-state index contributed by atoms with van der Waals surface area (Å²) in [6.07, 6.45) is 3.83. The maximum Gasteiger partial charge on any atom is 0.259 e. The van der Waals surface area contributed by atoms with Crippen molar-refractivity contribution in [1.29, 1.82) is 0 Å². The Labute approximate surface area is 169 Å². The Balaban J connectivity index is 1.43. The van der Waals surface area contributed by atoms with E-state index in [-0.39, 0.29) is 23.9 Å². The summed E-state index contributed by atoms with van der Waals surface area (Å²) >= 11 is 5.13. The normalized spacial score (nSPS) is 14.3. The lowest BCUT2D eigenvalue weighted by molar-refractivity contribution is -0.121. The summed E-state index contributed by atoms with van der Waals surface area (Å²) in [5, 5.41) is 3.76. The minimum Gasteiger partial charge on any atom is -0.350 e. The molecule has 1 aliphatic rings. The number of aryl methyl sites for hydroxylation is 3. The van der Waals surface area contributed by atoms with Gasteiger partial charge in [-0.15, -0.1) is 11.3 Å². The molecular weight excluding hydrogens is 426 g/mol. The molecule has 27 heavy (non-hydrogen) atoms. The SMILES string of the molecule is CC(NC(=O)CCc1nc2sc3c(c2c(=O)[nH]1)CCC3)c1ccccc1Br. The second-order valence-electron chi connectivity index (χ2n) is 6.86. The van der Waals surface area contributed by atoms with Crippen LogP contribution in [0.3, 0.4) is 0 Å². The number of nitrogens with zero attached hydrogens (tertiary/aromatic N) is 1. The van der Waals surface area contributed by atoms with Crippen molar-refractivity contribution in [2.75, 3.05) is 0 Å². The van der Waals surface area contributed by atoms with Crippen LogP contribution in [0.15, 0.2) is 33.5 Å². The highest BCUT2D eigenvalue weighted by atomic mass is 79.9. The van der Waals surface area contributed by atoms with Crippen molar-refractivity contribution in [1.82, 2.24) is 15.3 Å². The van der Waals surface area contributed by atoms with Gasteiger partial charge in [0.2, 0.25) is 5.91 Å². The van der Waals surface area contributed by atoms with Crippen LogP contribution in [-0.2, 0) is 24.1 Å². The third-order valence-electron chi connectivity index (χ3n) is 4.96. The first-order valence-electron chi connectivity index (χ1n) is 9.10. The van der Waals surface area contributed by atoms with Gasteiger partial charge < -0.3 is 10.3 Å². The zero-order valence-corrected chi connectivity index (χ0v) is 17.4. The van der Waals surface area contributed by atoms with Crippen molar-refractivity contribution in [3.8, 4) is 0 Å². The van der Waals surface area contributed by atoms with Crippen LogP contribution in [0.2, 0.25) is 0 Å². The Hall–Kier alpha value is -1.99. The van der Waals surface area contributed by atoms with Gasteiger partial charge in [-0.1, -0.05) is 34.1 Å². The first-order chi connectivity index (χ1) is 13.0. The van der Waals surface area contributed by atoms with E-state index in [1.54, 1.807) is 11.3 Å². The van der Waals surface area contributed by atoms with Gasteiger partial charge >= 0.3 is 0 Å². The second kappa shape index (κ2) is 7.56. The summed E-state index contributed by atoms with van der Waals surface area (Å²) in [7, 11) is 0. The largest absolute Gasteiger partial charge is 0.350 e. The number of hydrogen-bond donors (Lipinski definition) is 2. The van der Waals surface area contributed by atoms with Crippen LogP contribution in [0.4, 0.5) is 0 Å². The number of thiophene rings is 1. The minimum absolute atomic E-state index is 0.0605. The minimum atomic E-state index is -0.0946. The third kappa shape index (κ3) is 3.71. The number of aromatic nitrogens is 2. The number of carbonyl (C=O) groups is 1. The van der Waals surface area contributed by atoms with Crippen LogP contribution in [0.5, 0.6) is 0 Å². The molecule has 0 bridgehead atoms. The maximum atomic E-state index is 12.5. The molecule has 1 aliphatic carbocycles. The molecule has 1 aromatic carbocycles. The number of fused-ring (bicyclic) bond motifs is 3. The van der Waals surface area contributed by atoms with Crippen molar-refractivity contribution in [3.05, 3.63) is 60.9 Å². The van der Waals surface area contributed by atoms with E-state index in [0.29, 0.717) is 12.2 Å². The number of nitrogens with one attached hydrogen (secondary N) is 2. The predicted octanol–water partition coefficient (Wildman–Crippen LogP) is 4.05. The van der Waals surface area contributed by atoms with E-state index in [2.05, 4.69) is 31.2 Å². The standard InChI is InChI=1S/C20H20BrN3O2S/c1-11(12-5-2-3-7-14(12)21)22-17(25)10-9-16-23-19(26)18-13-6-4-8-15(13)27-20(18)24-16/h2-3,5,7,11H,4,6,8-10H2,1H3,(H,22,25)(H,23,24,26). The van der Waals surface area contributed by atoms with Crippen molar-refractivity contribution >= 4 is 43.4 Å². The fraction of sp³-hybridized carbons (Fsp3) is 0.350. The third-order valence-corrected chi connectivity index (χ3v) is 6.87. The van der Waals surface area contributed by atoms with Gasteiger partial charge in [-0.2, -0.15) is 0 Å². The van der Waals surface area contributed by atoms with Crippen LogP contribution in [0.1, 0.15) is 47.6 Å². The number of benzene rings is 1. The summed E-state index contributed by atoms with van der Waals surface area (Å²) < 4.78 is 0.972. The zero-order chi connectivity index (χ0) is 19.0. The summed E-state index contributed by atoms with van der Waals surface area (Å²) in [5.41, 5.74) is 2.14. The molecule has 0 saturated heterocycles. The lowest BCUT2D eigenvalue weighted by Gasteiger charge is -2.15. The van der Waals surface area contributed by atoms with Crippen LogP contribution in [0.25, 0.3) is 10.2 Å². The highest BCUT2D eigenvalue weighted by Gasteiger charge is 2.21. The van der Waals surface area contributed by atoms with E-state index < -0.39 is 0 Å². The molecule has 0 saturated carbocycles. The van der Waals surface area contributed by atoms with Gasteiger partial charge in [-0.25, -0.2) is 4.98 Å². The molecule has 2 aromatic heterocycles. The fourth-order valence-corrected chi connectivity index (χ4v) is 5.52. The van der Waals surface area contributed by atoms with Gasteiger partial charge in [0.15, 0.2) is 0 Å². The lowest BCUT2D eigenvalue weighted by Crippen LogP contribution is -2.27. The van der Waals surface area contributed by atoms with Crippen molar-refractivity contribution in [3.63, 3.8) is 0 Å². The molecule has 3 aromatic rings. The number of H-pyrrole nitrogens is 1. The number of amides is 1. The number of hydrogen-bond acceptors (Lipinski definition) is 4. The molecular formula is C20H20BrN3O2S. The maximum absolute atomic E-state index is 12.5. The van der Waals surface area contributed by atoms with Crippen molar-refractivity contribution < 1.29 is 4.79 Å².